The SMILES string of the molecule is C[S+](C)[O-].[H+]. The lowest BCUT2D eigenvalue weighted by molar-refractivity contribution is 0.606. The molecule has 0 heterocycles. The van der Waals surface area contributed by atoms with E-state index in [0.29, 0.717) is 0 Å². The van der Waals surface area contributed by atoms with Gasteiger partial charge in [-0.15, -0.1) is 0 Å². The van der Waals surface area contributed by atoms with Crippen LogP contribution in [0, 0.1) is 0 Å². The normalized spacial score (nSPS) is 9.00. The lowest BCUT2D eigenvalue weighted by Crippen LogP contribution is -1.86. The zero-order valence-electron chi connectivity index (χ0n) is 3.82. The first-order chi connectivity index (χ1) is 1.73. The zero-order chi connectivity index (χ0) is 3.58. The third kappa shape index (κ3) is 41.3. The molecule has 0 spiro atoms. The summed E-state index contributed by atoms with van der Waals surface area (Å²) in [6.45, 7) is 0. The minimum Gasteiger partial charge on any atom is -0.617 e. The Bertz CT molecular complexity index is 14.4. The first-order valence-corrected chi connectivity index (χ1v) is 2.95. The van der Waals surface area contributed by atoms with Crippen molar-refractivity contribution in [2.45, 2.75) is 0 Å². The Kier molecular flexibility index (Phi) is 1.74. The summed E-state index contributed by atoms with van der Waals surface area (Å²) in [5.41, 5.74) is 0. The van der Waals surface area contributed by atoms with Gasteiger partial charge in [0.1, 0.15) is 0 Å². The number of hydrogen-bond donors (Lipinski definition) is 0. The lowest BCUT2D eigenvalue weighted by Gasteiger charge is -1.87. The smallest absolute Gasteiger partial charge is 0.617 e. The van der Waals surface area contributed by atoms with Crippen molar-refractivity contribution in [3.05, 3.63) is 0 Å². The topological polar surface area (TPSA) is 23.1 Å². The second-order valence-electron chi connectivity index (χ2n) is 0.742. The van der Waals surface area contributed by atoms with E-state index in [4.69, 9.17) is 0 Å². The van der Waals surface area contributed by atoms with Crippen LogP contribution in [0.25, 0.3) is 0 Å². The molecule has 0 rings (SSSR count). The molecule has 2 heteroatoms. The van der Waals surface area contributed by atoms with Crippen molar-refractivity contribution in [2.75, 3.05) is 12.5 Å². The Morgan fingerprint density at radius 2 is 1.75 bits per heavy atom. The monoisotopic (exact) mass is 79.0 g/mol. The molecule has 1 nitrogen and oxygen atoms in total. The third-order valence-corrected chi connectivity index (χ3v) is 0. The first kappa shape index (κ1) is 4.31. The van der Waals surface area contributed by atoms with E-state index >= 15 is 0 Å². The maximum absolute atomic E-state index is 9.56. The minimum absolute atomic E-state index is 0. The predicted molar refractivity (Wildman–Crippen MR) is 21.1 cm³/mol. The largest absolute Gasteiger partial charge is 1.00 e. The van der Waals surface area contributed by atoms with Crippen LogP contribution in [0.3, 0.4) is 0 Å². The second kappa shape index (κ2) is 1.61. The van der Waals surface area contributed by atoms with Crippen molar-refractivity contribution in [3.63, 3.8) is 0 Å². The standard InChI is InChI=1S/C2H6OS/c1-4(2)3/h1-2H3/p+1. The lowest BCUT2D eigenvalue weighted by atomic mass is 11.9. The fourth-order valence-corrected chi connectivity index (χ4v) is 0. The van der Waals surface area contributed by atoms with E-state index in [0.717, 1.165) is 0 Å². The van der Waals surface area contributed by atoms with Crippen molar-refractivity contribution in [1.29, 1.82) is 0 Å². The van der Waals surface area contributed by atoms with Crippen LogP contribution in [0.4, 0.5) is 0 Å². The Morgan fingerprint density at radius 3 is 1.75 bits per heavy atom. The van der Waals surface area contributed by atoms with E-state index in [-0.39, 0.29) is 1.43 Å². The quantitative estimate of drug-likeness (QED) is 0.378. The van der Waals surface area contributed by atoms with Crippen LogP contribution < -0.4 is 0 Å². The van der Waals surface area contributed by atoms with Gasteiger partial charge in [-0.1, -0.05) is 11.2 Å². The van der Waals surface area contributed by atoms with Crippen LogP contribution in [0.1, 0.15) is 1.43 Å². The van der Waals surface area contributed by atoms with E-state index in [1.807, 2.05) is 0 Å². The molecule has 0 saturated heterocycles. The Hall–Kier alpha value is 0.310. The molecule has 0 radical (unpaired) electrons. The second-order valence-corrected chi connectivity index (χ2v) is 2.22. The van der Waals surface area contributed by atoms with Gasteiger partial charge in [0.2, 0.25) is 0 Å². The molecule has 0 aliphatic carbocycles. The molecule has 0 aromatic carbocycles. The third-order valence-electron chi connectivity index (χ3n) is 0. The summed E-state index contributed by atoms with van der Waals surface area (Å²) in [6, 6.07) is 0. The van der Waals surface area contributed by atoms with Crippen LogP contribution in [-0.2, 0) is 11.2 Å². The van der Waals surface area contributed by atoms with E-state index < -0.39 is 11.2 Å². The summed E-state index contributed by atoms with van der Waals surface area (Å²) in [5, 5.41) is 0. The fourth-order valence-electron chi connectivity index (χ4n) is 0. The summed E-state index contributed by atoms with van der Waals surface area (Å²) in [4.78, 5) is 0. The highest BCUT2D eigenvalue weighted by Gasteiger charge is 1.66. The van der Waals surface area contributed by atoms with Gasteiger partial charge in [0.05, 0.1) is 12.5 Å². The van der Waals surface area contributed by atoms with Gasteiger partial charge in [0.15, 0.2) is 0 Å². The summed E-state index contributed by atoms with van der Waals surface area (Å²) < 4.78 is 9.56. The molecule has 4 heavy (non-hydrogen) atoms. The van der Waals surface area contributed by atoms with E-state index in [1.165, 1.54) is 0 Å². The maximum atomic E-state index is 9.56. The van der Waals surface area contributed by atoms with Crippen LogP contribution in [0.2, 0.25) is 0 Å². The summed E-state index contributed by atoms with van der Waals surface area (Å²) >= 11 is -0.611. The highest BCUT2D eigenvalue weighted by molar-refractivity contribution is 7.89. The molecular formula is C2H7OS+. The molecule has 0 fully saturated rings. The molecule has 0 atom stereocenters. The average molecular weight is 79.1 g/mol. The summed E-state index contributed by atoms with van der Waals surface area (Å²) in [5.74, 6) is 0. The molecule has 0 N–H and O–H groups in total. The first-order valence-electron chi connectivity index (χ1n) is 0.983. The molecule has 0 unspecified atom stereocenters. The molecule has 0 aliphatic rings. The molecule has 26 valence electrons. The van der Waals surface area contributed by atoms with Gasteiger partial charge in [0.25, 0.3) is 0 Å². The van der Waals surface area contributed by atoms with Gasteiger partial charge in [-0.25, -0.2) is 0 Å². The van der Waals surface area contributed by atoms with Crippen molar-refractivity contribution in [2.24, 2.45) is 0 Å². The van der Waals surface area contributed by atoms with Gasteiger partial charge < -0.3 is 4.55 Å². The van der Waals surface area contributed by atoms with E-state index in [2.05, 4.69) is 0 Å². The average Bonchev–Trinajstić information content (AvgIpc) is 0.811. The van der Waals surface area contributed by atoms with Gasteiger partial charge in [-0.05, 0) is 0 Å². The molecule has 0 aromatic heterocycles. The molecule has 0 amide bonds. The van der Waals surface area contributed by atoms with Crippen LogP contribution >= 0.6 is 0 Å². The maximum Gasteiger partial charge on any atom is 1.00 e. The summed E-state index contributed by atoms with van der Waals surface area (Å²) in [7, 11) is 0. The molecular weight excluding hydrogens is 72.1 g/mol. The highest BCUT2D eigenvalue weighted by Crippen LogP contribution is 1.61. The van der Waals surface area contributed by atoms with Crippen LogP contribution in [-0.4, -0.2) is 17.1 Å². The van der Waals surface area contributed by atoms with Gasteiger partial charge >= 0.3 is 1.43 Å². The van der Waals surface area contributed by atoms with Gasteiger partial charge in [0, 0.05) is 0 Å². The van der Waals surface area contributed by atoms with E-state index in [9.17, 15) is 4.55 Å². The van der Waals surface area contributed by atoms with Crippen molar-refractivity contribution in [1.82, 2.24) is 0 Å². The minimum atomic E-state index is -0.611. The Balaban J connectivity index is 0. The molecule has 0 aromatic rings. The van der Waals surface area contributed by atoms with Gasteiger partial charge in [-0.2, -0.15) is 0 Å². The van der Waals surface area contributed by atoms with E-state index in [1.54, 1.807) is 12.5 Å². The van der Waals surface area contributed by atoms with Crippen molar-refractivity contribution in [3.8, 4) is 0 Å². The zero-order valence-corrected chi connectivity index (χ0v) is 3.63. The number of hydrogen-bond acceptors (Lipinski definition) is 1. The fraction of sp³-hybridized carbons (Fsp3) is 1.00. The molecule has 0 saturated carbocycles. The van der Waals surface area contributed by atoms with Crippen LogP contribution in [0.15, 0.2) is 0 Å². The predicted octanol–water partition coefficient (Wildman–Crippen LogP) is 0.107. The Morgan fingerprint density at radius 1 is 1.75 bits per heavy atom. The van der Waals surface area contributed by atoms with Crippen molar-refractivity contribution < 1.29 is 5.98 Å². The van der Waals surface area contributed by atoms with Crippen LogP contribution in [0.5, 0.6) is 0 Å². The summed E-state index contributed by atoms with van der Waals surface area (Å²) in [6.07, 6.45) is 3.28. The Labute approximate surface area is 30.7 Å². The molecule has 0 aliphatic heterocycles. The van der Waals surface area contributed by atoms with Gasteiger partial charge in [-0.3, -0.25) is 0 Å². The number of rotatable bonds is 0. The molecule has 0 bridgehead atoms. The van der Waals surface area contributed by atoms with Crippen molar-refractivity contribution >= 4 is 11.2 Å². The highest BCUT2D eigenvalue weighted by atomic mass is 32.2.